The topological polar surface area (TPSA) is 9.23 Å². The average molecular weight is 387 g/mol. The van der Waals surface area contributed by atoms with Gasteiger partial charge in [0.25, 0.3) is 8.32 Å². The average Bonchev–Trinajstić information content (AvgIpc) is 2.72. The minimum absolute atomic E-state index is 0.0168. The lowest BCUT2D eigenvalue weighted by atomic mass is 10.1. The van der Waals surface area contributed by atoms with Crippen LogP contribution in [0.2, 0.25) is 5.04 Å². The number of allylic oxidation sites excluding steroid dienone is 1. The molecule has 1 nitrogen and oxygen atoms in total. The summed E-state index contributed by atoms with van der Waals surface area (Å²) in [6, 6.07) is 32.1. The summed E-state index contributed by atoms with van der Waals surface area (Å²) in [5.74, 6) is 0. The molecule has 0 aromatic heterocycles. The van der Waals surface area contributed by atoms with Gasteiger partial charge in [-0.3, -0.25) is 0 Å². The predicted octanol–water partition coefficient (Wildman–Crippen LogP) is 5.36. The molecule has 3 rings (SSSR count). The highest BCUT2D eigenvalue weighted by atomic mass is 28.4. The molecule has 0 spiro atoms. The van der Waals surface area contributed by atoms with Gasteiger partial charge in [-0.2, -0.15) is 0 Å². The monoisotopic (exact) mass is 386 g/mol. The first kappa shape index (κ1) is 20.3. The molecular formula is C26H30OSi. The van der Waals surface area contributed by atoms with E-state index in [2.05, 4.69) is 124 Å². The third kappa shape index (κ3) is 4.52. The van der Waals surface area contributed by atoms with E-state index in [9.17, 15) is 0 Å². The minimum Gasteiger partial charge on any atom is -0.404 e. The second-order valence-electron chi connectivity index (χ2n) is 8.14. The van der Waals surface area contributed by atoms with Gasteiger partial charge in [0.15, 0.2) is 0 Å². The lowest BCUT2D eigenvalue weighted by molar-refractivity contribution is 0.339. The lowest BCUT2D eigenvalue weighted by Crippen LogP contribution is -2.66. The third-order valence-corrected chi connectivity index (χ3v) is 10.2. The van der Waals surface area contributed by atoms with Gasteiger partial charge in [0.05, 0.1) is 6.61 Å². The van der Waals surface area contributed by atoms with Gasteiger partial charge in [0, 0.05) is 0 Å². The van der Waals surface area contributed by atoms with Crippen molar-refractivity contribution in [1.29, 1.82) is 0 Å². The maximum Gasteiger partial charge on any atom is 0.261 e. The van der Waals surface area contributed by atoms with Crippen LogP contribution in [0.1, 0.15) is 26.3 Å². The van der Waals surface area contributed by atoms with Crippen LogP contribution in [0.15, 0.2) is 103 Å². The first-order chi connectivity index (χ1) is 13.5. The Morgan fingerprint density at radius 3 is 1.61 bits per heavy atom. The molecule has 0 radical (unpaired) electrons. The molecule has 0 fully saturated rings. The van der Waals surface area contributed by atoms with Crippen molar-refractivity contribution >= 4 is 18.7 Å². The largest absolute Gasteiger partial charge is 0.404 e. The zero-order chi connectivity index (χ0) is 19.9. The molecule has 0 amide bonds. The fourth-order valence-corrected chi connectivity index (χ4v) is 8.34. The Bertz CT molecular complexity index is 825. The number of rotatable bonds is 7. The summed E-state index contributed by atoms with van der Waals surface area (Å²) in [5.41, 5.74) is 1.32. The second-order valence-corrected chi connectivity index (χ2v) is 12.4. The summed E-state index contributed by atoms with van der Waals surface area (Å²) in [6.07, 6.45) is 5.32. The quantitative estimate of drug-likeness (QED) is 0.392. The van der Waals surface area contributed by atoms with Crippen molar-refractivity contribution in [3.63, 3.8) is 0 Å². The zero-order valence-corrected chi connectivity index (χ0v) is 18.1. The Balaban J connectivity index is 1.88. The van der Waals surface area contributed by atoms with Gasteiger partial charge in [-0.25, -0.2) is 0 Å². The maximum atomic E-state index is 6.86. The van der Waals surface area contributed by atoms with Crippen LogP contribution in [0, 0.1) is 0 Å². The summed E-state index contributed by atoms with van der Waals surface area (Å²) < 4.78 is 6.86. The number of hydrogen-bond acceptors (Lipinski definition) is 1. The highest BCUT2D eigenvalue weighted by molar-refractivity contribution is 6.99. The Hall–Kier alpha value is -2.42. The van der Waals surface area contributed by atoms with Gasteiger partial charge in [0.2, 0.25) is 0 Å². The Morgan fingerprint density at radius 2 is 1.14 bits per heavy atom. The molecule has 0 aliphatic heterocycles. The van der Waals surface area contributed by atoms with Crippen LogP contribution in [0.4, 0.5) is 0 Å². The van der Waals surface area contributed by atoms with E-state index in [1.165, 1.54) is 15.9 Å². The Morgan fingerprint density at radius 1 is 0.679 bits per heavy atom. The molecule has 3 aromatic carbocycles. The second kappa shape index (κ2) is 9.18. The van der Waals surface area contributed by atoms with E-state index >= 15 is 0 Å². The van der Waals surface area contributed by atoms with E-state index < -0.39 is 8.32 Å². The van der Waals surface area contributed by atoms with Crippen LogP contribution in [0.25, 0.3) is 0 Å². The van der Waals surface area contributed by atoms with Gasteiger partial charge in [-0.15, -0.1) is 0 Å². The first-order valence-corrected chi connectivity index (χ1v) is 11.9. The highest BCUT2D eigenvalue weighted by Crippen LogP contribution is 2.36. The van der Waals surface area contributed by atoms with E-state index in [-0.39, 0.29) is 5.04 Å². The summed E-state index contributed by atoms with van der Waals surface area (Å²) in [4.78, 5) is 0. The summed E-state index contributed by atoms with van der Waals surface area (Å²) in [5, 5.41) is 2.67. The third-order valence-electron chi connectivity index (χ3n) is 5.18. The molecule has 2 heteroatoms. The van der Waals surface area contributed by atoms with E-state index in [1.807, 2.05) is 0 Å². The molecule has 3 aromatic rings. The standard InChI is InChI=1S/C26H30OSi/c1-26(2,3)28(24-18-9-5-10-19-24,25-20-11-6-12-21-25)27-22-14-13-17-23-15-7-4-8-16-23/h4-16,18-21H,17,22H2,1-3H3. The first-order valence-electron chi connectivity index (χ1n) is 9.98. The summed E-state index contributed by atoms with van der Waals surface area (Å²) in [7, 11) is -2.43. The highest BCUT2D eigenvalue weighted by Gasteiger charge is 2.49. The molecule has 0 unspecified atom stereocenters. The zero-order valence-electron chi connectivity index (χ0n) is 17.1. The van der Waals surface area contributed by atoms with Gasteiger partial charge >= 0.3 is 0 Å². The molecule has 0 aliphatic carbocycles. The van der Waals surface area contributed by atoms with Crippen molar-refractivity contribution in [1.82, 2.24) is 0 Å². The van der Waals surface area contributed by atoms with Crippen molar-refractivity contribution in [2.24, 2.45) is 0 Å². The van der Waals surface area contributed by atoms with Crippen LogP contribution in [-0.4, -0.2) is 14.9 Å². The SMILES string of the molecule is CC(C)(C)[Si](OCC=CCc1ccccc1)(c1ccccc1)c1ccccc1. The van der Waals surface area contributed by atoms with E-state index in [0.717, 1.165) is 6.42 Å². The van der Waals surface area contributed by atoms with Crippen molar-refractivity contribution in [2.75, 3.05) is 6.61 Å². The molecule has 0 aliphatic rings. The Kier molecular flexibility index (Phi) is 6.66. The molecule has 28 heavy (non-hydrogen) atoms. The van der Waals surface area contributed by atoms with Gasteiger partial charge in [0.1, 0.15) is 0 Å². The van der Waals surface area contributed by atoms with E-state index in [0.29, 0.717) is 6.61 Å². The molecule has 0 heterocycles. The lowest BCUT2D eigenvalue weighted by Gasteiger charge is -2.42. The minimum atomic E-state index is -2.43. The summed E-state index contributed by atoms with van der Waals surface area (Å²) >= 11 is 0. The van der Waals surface area contributed by atoms with Crippen LogP contribution < -0.4 is 10.4 Å². The molecule has 0 bridgehead atoms. The predicted molar refractivity (Wildman–Crippen MR) is 123 cm³/mol. The molecule has 0 atom stereocenters. The maximum absolute atomic E-state index is 6.86. The fraction of sp³-hybridized carbons (Fsp3) is 0.231. The van der Waals surface area contributed by atoms with Crippen LogP contribution >= 0.6 is 0 Å². The van der Waals surface area contributed by atoms with Crippen molar-refractivity contribution in [3.05, 3.63) is 109 Å². The Labute approximate surface area is 170 Å². The summed E-state index contributed by atoms with van der Waals surface area (Å²) in [6.45, 7) is 7.56. The van der Waals surface area contributed by atoms with Gasteiger partial charge < -0.3 is 4.43 Å². The van der Waals surface area contributed by atoms with E-state index in [4.69, 9.17) is 4.43 Å². The molecule has 0 saturated heterocycles. The van der Waals surface area contributed by atoms with Crippen molar-refractivity contribution in [2.45, 2.75) is 32.2 Å². The normalized spacial score (nSPS) is 12.4. The van der Waals surface area contributed by atoms with Crippen molar-refractivity contribution in [3.8, 4) is 0 Å². The van der Waals surface area contributed by atoms with Crippen LogP contribution in [0.5, 0.6) is 0 Å². The van der Waals surface area contributed by atoms with Crippen LogP contribution in [-0.2, 0) is 10.8 Å². The molecular weight excluding hydrogens is 356 g/mol. The van der Waals surface area contributed by atoms with Crippen molar-refractivity contribution < 1.29 is 4.43 Å². The van der Waals surface area contributed by atoms with Gasteiger partial charge in [-0.1, -0.05) is 124 Å². The number of benzene rings is 3. The van der Waals surface area contributed by atoms with Gasteiger partial charge in [-0.05, 0) is 27.4 Å². The fourth-order valence-electron chi connectivity index (χ4n) is 3.84. The number of hydrogen-bond donors (Lipinski definition) is 0. The molecule has 144 valence electrons. The molecule has 0 saturated carbocycles. The van der Waals surface area contributed by atoms with Crippen LogP contribution in [0.3, 0.4) is 0 Å². The molecule has 0 N–H and O–H groups in total. The van der Waals surface area contributed by atoms with E-state index in [1.54, 1.807) is 0 Å². The smallest absolute Gasteiger partial charge is 0.261 e.